The standard InChI is InChI=1S/C41H24N6/c42-24-26-11-17-37-35(20-26)36-23-33(16-18-38(36)47(37)34-10-5-19-43-25-34)41-45-39(31-14-12-27-6-1-3-8-29(27)21-31)44-40(46-41)32-15-13-28-7-2-4-9-30(28)22-32/h1-23,25H. The third kappa shape index (κ3) is 4.57. The normalized spacial score (nSPS) is 11.4. The summed E-state index contributed by atoms with van der Waals surface area (Å²) in [7, 11) is 0. The lowest BCUT2D eigenvalue weighted by molar-refractivity contribution is 1.08. The van der Waals surface area contributed by atoms with Gasteiger partial charge in [-0.1, -0.05) is 72.8 Å². The molecule has 6 nitrogen and oxygen atoms in total. The van der Waals surface area contributed by atoms with E-state index < -0.39 is 0 Å². The summed E-state index contributed by atoms with van der Waals surface area (Å²) >= 11 is 0. The van der Waals surface area contributed by atoms with E-state index in [9.17, 15) is 5.26 Å². The Balaban J connectivity index is 1.28. The van der Waals surface area contributed by atoms with Crippen LogP contribution in [0, 0.1) is 11.3 Å². The summed E-state index contributed by atoms with van der Waals surface area (Å²) in [5.74, 6) is 1.79. The average Bonchev–Trinajstić information content (AvgIpc) is 3.47. The van der Waals surface area contributed by atoms with Crippen LogP contribution in [0.4, 0.5) is 0 Å². The summed E-state index contributed by atoms with van der Waals surface area (Å²) in [5.41, 5.74) is 6.24. The molecule has 0 atom stereocenters. The maximum atomic E-state index is 9.74. The van der Waals surface area contributed by atoms with Gasteiger partial charge in [-0.05, 0) is 82.2 Å². The fourth-order valence-corrected chi connectivity index (χ4v) is 6.42. The monoisotopic (exact) mass is 600 g/mol. The number of rotatable bonds is 4. The first-order valence-electron chi connectivity index (χ1n) is 15.4. The maximum Gasteiger partial charge on any atom is 0.164 e. The molecule has 0 bridgehead atoms. The lowest BCUT2D eigenvalue weighted by Gasteiger charge is -2.10. The third-order valence-corrected chi connectivity index (χ3v) is 8.71. The van der Waals surface area contributed by atoms with Gasteiger partial charge in [0.05, 0.1) is 34.6 Å². The van der Waals surface area contributed by atoms with Crippen LogP contribution < -0.4 is 0 Å². The van der Waals surface area contributed by atoms with Crippen LogP contribution in [-0.2, 0) is 0 Å². The lowest BCUT2D eigenvalue weighted by Crippen LogP contribution is -2.00. The van der Waals surface area contributed by atoms with E-state index in [0.29, 0.717) is 23.0 Å². The molecule has 9 aromatic rings. The molecule has 0 unspecified atom stereocenters. The van der Waals surface area contributed by atoms with E-state index in [2.05, 4.69) is 94.5 Å². The topological polar surface area (TPSA) is 80.3 Å². The van der Waals surface area contributed by atoms with Gasteiger partial charge in [-0.2, -0.15) is 5.26 Å². The molecule has 6 aromatic carbocycles. The number of hydrogen-bond donors (Lipinski definition) is 0. The van der Waals surface area contributed by atoms with Crippen LogP contribution in [-0.4, -0.2) is 24.5 Å². The van der Waals surface area contributed by atoms with Crippen molar-refractivity contribution >= 4 is 43.4 Å². The second-order valence-electron chi connectivity index (χ2n) is 11.6. The molecule has 0 aliphatic carbocycles. The van der Waals surface area contributed by atoms with Gasteiger partial charge in [0.15, 0.2) is 17.5 Å². The molecule has 0 saturated carbocycles. The van der Waals surface area contributed by atoms with Crippen molar-refractivity contribution in [1.82, 2.24) is 24.5 Å². The Morgan fingerprint density at radius 3 is 1.60 bits per heavy atom. The van der Waals surface area contributed by atoms with Crippen molar-refractivity contribution in [2.75, 3.05) is 0 Å². The number of nitrogens with zero attached hydrogens (tertiary/aromatic N) is 6. The fraction of sp³-hybridized carbons (Fsp3) is 0. The summed E-state index contributed by atoms with van der Waals surface area (Å²) < 4.78 is 2.18. The molecule has 3 aromatic heterocycles. The summed E-state index contributed by atoms with van der Waals surface area (Å²) in [5, 5.41) is 16.3. The molecule has 0 aliphatic rings. The van der Waals surface area contributed by atoms with E-state index in [-0.39, 0.29) is 0 Å². The third-order valence-electron chi connectivity index (χ3n) is 8.71. The first-order chi connectivity index (χ1) is 23.2. The average molecular weight is 601 g/mol. The van der Waals surface area contributed by atoms with Crippen molar-refractivity contribution in [2.24, 2.45) is 0 Å². The van der Waals surface area contributed by atoms with E-state index in [1.807, 2.05) is 60.8 Å². The van der Waals surface area contributed by atoms with Crippen LogP contribution in [0.15, 0.2) is 146 Å². The minimum Gasteiger partial charge on any atom is -0.308 e. The first-order valence-corrected chi connectivity index (χ1v) is 15.4. The quantitative estimate of drug-likeness (QED) is 0.201. The fourth-order valence-electron chi connectivity index (χ4n) is 6.42. The number of benzene rings is 6. The number of hydrogen-bond acceptors (Lipinski definition) is 5. The van der Waals surface area contributed by atoms with Crippen molar-refractivity contribution in [3.63, 3.8) is 0 Å². The molecule has 3 heterocycles. The van der Waals surface area contributed by atoms with Crippen LogP contribution in [0.3, 0.4) is 0 Å². The van der Waals surface area contributed by atoms with Crippen LogP contribution in [0.2, 0.25) is 0 Å². The van der Waals surface area contributed by atoms with E-state index in [0.717, 1.165) is 65.7 Å². The minimum atomic E-state index is 0.576. The van der Waals surface area contributed by atoms with Crippen LogP contribution >= 0.6 is 0 Å². The number of pyridine rings is 1. The smallest absolute Gasteiger partial charge is 0.164 e. The van der Waals surface area contributed by atoms with Gasteiger partial charge in [0.1, 0.15) is 0 Å². The molecule has 0 spiro atoms. The summed E-state index contributed by atoms with van der Waals surface area (Å²) in [4.78, 5) is 19.5. The Morgan fingerprint density at radius 1 is 0.489 bits per heavy atom. The molecular formula is C41H24N6. The van der Waals surface area contributed by atoms with Crippen molar-refractivity contribution in [3.8, 4) is 45.9 Å². The Kier molecular flexibility index (Phi) is 6.09. The highest BCUT2D eigenvalue weighted by Gasteiger charge is 2.17. The summed E-state index contributed by atoms with van der Waals surface area (Å²) in [6.07, 6.45) is 3.62. The largest absolute Gasteiger partial charge is 0.308 e. The molecule has 0 aliphatic heterocycles. The Morgan fingerprint density at radius 2 is 1.02 bits per heavy atom. The Bertz CT molecular complexity index is 2610. The van der Waals surface area contributed by atoms with Crippen LogP contribution in [0.25, 0.3) is 83.2 Å². The second-order valence-corrected chi connectivity index (χ2v) is 11.6. The zero-order valence-corrected chi connectivity index (χ0v) is 25.0. The van der Waals surface area contributed by atoms with Crippen molar-refractivity contribution in [3.05, 3.63) is 151 Å². The SMILES string of the molecule is N#Cc1ccc2c(c1)c1cc(-c3nc(-c4ccc5ccccc5c4)nc(-c4ccc5ccccc5c4)n3)ccc1n2-c1cccnc1. The highest BCUT2D eigenvalue weighted by atomic mass is 15.0. The van der Waals surface area contributed by atoms with E-state index in [4.69, 9.17) is 15.0 Å². The zero-order chi connectivity index (χ0) is 31.3. The molecule has 6 heteroatoms. The molecule has 218 valence electrons. The minimum absolute atomic E-state index is 0.576. The molecular weight excluding hydrogens is 576 g/mol. The van der Waals surface area contributed by atoms with E-state index in [1.165, 1.54) is 0 Å². The van der Waals surface area contributed by atoms with Crippen molar-refractivity contribution in [1.29, 1.82) is 5.26 Å². The van der Waals surface area contributed by atoms with E-state index in [1.54, 1.807) is 6.20 Å². The molecule has 9 rings (SSSR count). The zero-order valence-electron chi connectivity index (χ0n) is 25.0. The van der Waals surface area contributed by atoms with Gasteiger partial charge in [0.25, 0.3) is 0 Å². The molecule has 0 amide bonds. The van der Waals surface area contributed by atoms with Gasteiger partial charge < -0.3 is 4.57 Å². The van der Waals surface area contributed by atoms with Gasteiger partial charge in [0.2, 0.25) is 0 Å². The predicted octanol–water partition coefficient (Wildman–Crippen LogP) is 9.54. The predicted molar refractivity (Wildman–Crippen MR) is 188 cm³/mol. The molecule has 47 heavy (non-hydrogen) atoms. The maximum absolute atomic E-state index is 9.74. The highest BCUT2D eigenvalue weighted by molar-refractivity contribution is 6.10. The van der Waals surface area contributed by atoms with Crippen LogP contribution in [0.5, 0.6) is 0 Å². The summed E-state index contributed by atoms with van der Waals surface area (Å²) in [6, 6.07) is 47.5. The van der Waals surface area contributed by atoms with Gasteiger partial charge in [0, 0.05) is 33.7 Å². The van der Waals surface area contributed by atoms with Crippen molar-refractivity contribution < 1.29 is 0 Å². The van der Waals surface area contributed by atoms with Gasteiger partial charge in [-0.25, -0.2) is 15.0 Å². The van der Waals surface area contributed by atoms with Gasteiger partial charge in [-0.15, -0.1) is 0 Å². The Hall–Kier alpha value is -6.71. The molecule has 0 saturated heterocycles. The first kappa shape index (κ1) is 26.7. The van der Waals surface area contributed by atoms with Crippen LogP contribution in [0.1, 0.15) is 5.56 Å². The van der Waals surface area contributed by atoms with Gasteiger partial charge in [-0.3, -0.25) is 4.98 Å². The lowest BCUT2D eigenvalue weighted by atomic mass is 10.0. The molecule has 0 radical (unpaired) electrons. The number of nitriles is 1. The number of aromatic nitrogens is 5. The second kappa shape index (κ2) is 10.7. The molecule has 0 fully saturated rings. The summed E-state index contributed by atoms with van der Waals surface area (Å²) in [6.45, 7) is 0. The Labute approximate surface area is 269 Å². The van der Waals surface area contributed by atoms with Gasteiger partial charge >= 0.3 is 0 Å². The number of fused-ring (bicyclic) bond motifs is 5. The highest BCUT2D eigenvalue weighted by Crippen LogP contribution is 2.36. The van der Waals surface area contributed by atoms with E-state index >= 15 is 0 Å². The molecule has 0 N–H and O–H groups in total. The van der Waals surface area contributed by atoms with Crippen molar-refractivity contribution in [2.45, 2.75) is 0 Å².